The predicted molar refractivity (Wildman–Crippen MR) is 107 cm³/mol. The first-order valence-corrected chi connectivity index (χ1v) is 8.84. The molecule has 0 aliphatic heterocycles. The van der Waals surface area contributed by atoms with E-state index in [2.05, 4.69) is 27.5 Å². The molecule has 2 N–H and O–H groups in total. The highest BCUT2D eigenvalue weighted by molar-refractivity contribution is 5.61. The molecule has 0 unspecified atom stereocenters. The van der Waals surface area contributed by atoms with E-state index in [9.17, 15) is 0 Å². The summed E-state index contributed by atoms with van der Waals surface area (Å²) in [6.45, 7) is 3.63. The van der Waals surface area contributed by atoms with Crippen molar-refractivity contribution in [2.75, 3.05) is 24.3 Å². The predicted octanol–water partition coefficient (Wildman–Crippen LogP) is 4.59. The van der Waals surface area contributed by atoms with Gasteiger partial charge in [-0.15, -0.1) is 0 Å². The van der Waals surface area contributed by atoms with Gasteiger partial charge >= 0.3 is 0 Å². The highest BCUT2D eigenvalue weighted by atomic mass is 16.5. The molecule has 5 nitrogen and oxygen atoms in total. The number of benzene rings is 2. The van der Waals surface area contributed by atoms with Crippen LogP contribution in [0.5, 0.6) is 5.75 Å². The molecule has 0 atom stereocenters. The lowest BCUT2D eigenvalue weighted by molar-refractivity contribution is 0.410. The molecule has 1 aromatic heterocycles. The van der Waals surface area contributed by atoms with Crippen molar-refractivity contribution >= 4 is 11.6 Å². The minimum atomic E-state index is 0.627. The largest absolute Gasteiger partial charge is 0.496 e. The SMILES string of the molecule is CCCNc1cc(NCc2ccccc2OC)nc(-c2ccccc2)n1. The molecule has 0 aliphatic carbocycles. The fraction of sp³-hybridized carbons (Fsp3) is 0.238. The van der Waals surface area contributed by atoms with E-state index in [4.69, 9.17) is 4.74 Å². The van der Waals surface area contributed by atoms with Gasteiger partial charge in [-0.25, -0.2) is 9.97 Å². The molecule has 0 bridgehead atoms. The fourth-order valence-corrected chi connectivity index (χ4v) is 2.63. The molecule has 3 aromatic rings. The van der Waals surface area contributed by atoms with Crippen molar-refractivity contribution < 1.29 is 4.74 Å². The molecule has 2 aromatic carbocycles. The fourth-order valence-electron chi connectivity index (χ4n) is 2.63. The minimum absolute atomic E-state index is 0.627. The van der Waals surface area contributed by atoms with E-state index >= 15 is 0 Å². The molecular weight excluding hydrogens is 324 g/mol. The van der Waals surface area contributed by atoms with Crippen LogP contribution in [0.2, 0.25) is 0 Å². The Labute approximate surface area is 154 Å². The van der Waals surface area contributed by atoms with Gasteiger partial charge in [0.05, 0.1) is 7.11 Å². The van der Waals surface area contributed by atoms with Gasteiger partial charge in [0.25, 0.3) is 0 Å². The number of ether oxygens (including phenoxy) is 1. The molecule has 0 fully saturated rings. The highest BCUT2D eigenvalue weighted by Gasteiger charge is 2.08. The number of hydrogen-bond donors (Lipinski definition) is 2. The number of para-hydroxylation sites is 1. The second-order valence-corrected chi connectivity index (χ2v) is 5.92. The third kappa shape index (κ3) is 4.51. The standard InChI is InChI=1S/C21H24N4O/c1-3-13-22-19-14-20(23-15-17-11-7-8-12-18(17)26-2)25-21(24-19)16-9-5-4-6-10-16/h4-12,14H,3,13,15H2,1-2H3,(H2,22,23,24,25). The van der Waals surface area contributed by atoms with Crippen LogP contribution < -0.4 is 15.4 Å². The van der Waals surface area contributed by atoms with E-state index < -0.39 is 0 Å². The molecule has 3 rings (SSSR count). The maximum Gasteiger partial charge on any atom is 0.163 e. The summed E-state index contributed by atoms with van der Waals surface area (Å²) in [5, 5.41) is 6.74. The zero-order valence-electron chi connectivity index (χ0n) is 15.2. The molecule has 0 saturated heterocycles. The Morgan fingerprint density at radius 2 is 1.58 bits per heavy atom. The van der Waals surface area contributed by atoms with Crippen molar-refractivity contribution in [2.45, 2.75) is 19.9 Å². The number of methoxy groups -OCH3 is 1. The number of aromatic nitrogens is 2. The summed E-state index contributed by atoms with van der Waals surface area (Å²) in [5.74, 6) is 3.17. The van der Waals surface area contributed by atoms with E-state index in [1.165, 1.54) is 0 Å². The Morgan fingerprint density at radius 1 is 0.885 bits per heavy atom. The van der Waals surface area contributed by atoms with Gasteiger partial charge in [0, 0.05) is 30.3 Å². The number of nitrogens with one attached hydrogen (secondary N) is 2. The van der Waals surface area contributed by atoms with Crippen LogP contribution in [0.15, 0.2) is 60.7 Å². The Bertz CT molecular complexity index is 836. The zero-order chi connectivity index (χ0) is 18.2. The van der Waals surface area contributed by atoms with E-state index in [0.717, 1.165) is 41.5 Å². The van der Waals surface area contributed by atoms with Gasteiger partial charge in [0.15, 0.2) is 5.82 Å². The molecule has 0 radical (unpaired) electrons. The average Bonchev–Trinajstić information content (AvgIpc) is 2.71. The Morgan fingerprint density at radius 3 is 2.31 bits per heavy atom. The smallest absolute Gasteiger partial charge is 0.163 e. The number of anilines is 2. The highest BCUT2D eigenvalue weighted by Crippen LogP contribution is 2.22. The Kier molecular flexibility index (Phi) is 6.04. The summed E-state index contributed by atoms with van der Waals surface area (Å²) in [6.07, 6.45) is 1.04. The van der Waals surface area contributed by atoms with Crippen LogP contribution >= 0.6 is 0 Å². The zero-order valence-corrected chi connectivity index (χ0v) is 15.2. The van der Waals surface area contributed by atoms with E-state index in [1.807, 2.05) is 60.7 Å². The van der Waals surface area contributed by atoms with Gasteiger partial charge in [0.2, 0.25) is 0 Å². The van der Waals surface area contributed by atoms with Crippen LogP contribution in [0.3, 0.4) is 0 Å². The number of nitrogens with zero attached hydrogens (tertiary/aromatic N) is 2. The first-order valence-electron chi connectivity index (χ1n) is 8.84. The molecule has 134 valence electrons. The lowest BCUT2D eigenvalue weighted by Crippen LogP contribution is -2.08. The van der Waals surface area contributed by atoms with Crippen molar-refractivity contribution in [3.8, 4) is 17.1 Å². The van der Waals surface area contributed by atoms with Crippen molar-refractivity contribution in [3.63, 3.8) is 0 Å². The van der Waals surface area contributed by atoms with Crippen molar-refractivity contribution in [1.82, 2.24) is 9.97 Å². The molecule has 1 heterocycles. The van der Waals surface area contributed by atoms with E-state index in [-0.39, 0.29) is 0 Å². The third-order valence-corrected chi connectivity index (χ3v) is 3.97. The van der Waals surface area contributed by atoms with Gasteiger partial charge < -0.3 is 15.4 Å². The third-order valence-electron chi connectivity index (χ3n) is 3.97. The quantitative estimate of drug-likeness (QED) is 0.624. The Hall–Kier alpha value is -3.08. The van der Waals surface area contributed by atoms with Crippen molar-refractivity contribution in [1.29, 1.82) is 0 Å². The van der Waals surface area contributed by atoms with Crippen molar-refractivity contribution in [3.05, 3.63) is 66.2 Å². The van der Waals surface area contributed by atoms with Gasteiger partial charge in [-0.05, 0) is 12.5 Å². The van der Waals surface area contributed by atoms with E-state index in [1.54, 1.807) is 7.11 Å². The monoisotopic (exact) mass is 348 g/mol. The summed E-state index contributed by atoms with van der Waals surface area (Å²) >= 11 is 0. The lowest BCUT2D eigenvalue weighted by Gasteiger charge is -2.13. The number of hydrogen-bond acceptors (Lipinski definition) is 5. The van der Waals surface area contributed by atoms with E-state index in [0.29, 0.717) is 12.4 Å². The maximum atomic E-state index is 5.42. The summed E-state index contributed by atoms with van der Waals surface area (Å²) in [7, 11) is 1.68. The average molecular weight is 348 g/mol. The summed E-state index contributed by atoms with van der Waals surface area (Å²) in [5.41, 5.74) is 2.07. The molecule has 0 saturated carbocycles. The second kappa shape index (κ2) is 8.85. The van der Waals surface area contributed by atoms with Gasteiger partial charge in [0.1, 0.15) is 17.4 Å². The van der Waals surface area contributed by atoms with Crippen LogP contribution in [0, 0.1) is 0 Å². The molecule has 26 heavy (non-hydrogen) atoms. The summed E-state index contributed by atoms with van der Waals surface area (Å²) < 4.78 is 5.42. The molecule has 0 spiro atoms. The van der Waals surface area contributed by atoms with Gasteiger partial charge in [-0.3, -0.25) is 0 Å². The first kappa shape index (κ1) is 17.7. The molecule has 0 amide bonds. The second-order valence-electron chi connectivity index (χ2n) is 5.92. The summed E-state index contributed by atoms with van der Waals surface area (Å²) in [4.78, 5) is 9.32. The van der Waals surface area contributed by atoms with Gasteiger partial charge in [-0.2, -0.15) is 0 Å². The minimum Gasteiger partial charge on any atom is -0.496 e. The van der Waals surface area contributed by atoms with Crippen LogP contribution in [-0.4, -0.2) is 23.6 Å². The van der Waals surface area contributed by atoms with Crippen molar-refractivity contribution in [2.24, 2.45) is 0 Å². The maximum absolute atomic E-state index is 5.42. The lowest BCUT2D eigenvalue weighted by atomic mass is 10.2. The normalized spacial score (nSPS) is 10.4. The van der Waals surface area contributed by atoms with Gasteiger partial charge in [-0.1, -0.05) is 55.5 Å². The first-order chi connectivity index (χ1) is 12.8. The Balaban J connectivity index is 1.85. The molecular formula is C21H24N4O. The molecule has 5 heteroatoms. The summed E-state index contributed by atoms with van der Waals surface area (Å²) in [6, 6.07) is 19.9. The van der Waals surface area contributed by atoms with Crippen LogP contribution in [0.1, 0.15) is 18.9 Å². The van der Waals surface area contributed by atoms with Crippen LogP contribution in [-0.2, 0) is 6.54 Å². The van der Waals surface area contributed by atoms with Crippen LogP contribution in [0.25, 0.3) is 11.4 Å². The van der Waals surface area contributed by atoms with Crippen LogP contribution in [0.4, 0.5) is 11.6 Å². The molecule has 0 aliphatic rings. The number of rotatable bonds is 8. The topological polar surface area (TPSA) is 59.1 Å².